The number of rotatable bonds is 7. The molecule has 1 aliphatic rings. The van der Waals surface area contributed by atoms with Crippen LogP contribution in [0.2, 0.25) is 0 Å². The van der Waals surface area contributed by atoms with Gasteiger partial charge in [-0.25, -0.2) is 0 Å². The van der Waals surface area contributed by atoms with Crippen molar-refractivity contribution in [1.82, 2.24) is 5.32 Å². The zero-order valence-electron chi connectivity index (χ0n) is 14.0. The van der Waals surface area contributed by atoms with Crippen molar-refractivity contribution in [2.24, 2.45) is 17.8 Å². The van der Waals surface area contributed by atoms with Crippen LogP contribution in [-0.2, 0) is 4.74 Å². The van der Waals surface area contributed by atoms with Crippen molar-refractivity contribution in [1.29, 1.82) is 0 Å². The van der Waals surface area contributed by atoms with E-state index in [-0.39, 0.29) is 5.60 Å². The third kappa shape index (κ3) is 5.07. The minimum atomic E-state index is -0.00905. The Morgan fingerprint density at radius 3 is 2.47 bits per heavy atom. The van der Waals surface area contributed by atoms with E-state index in [9.17, 15) is 0 Å². The summed E-state index contributed by atoms with van der Waals surface area (Å²) in [6.07, 6.45) is 5.48. The molecule has 0 heterocycles. The van der Waals surface area contributed by atoms with Gasteiger partial charge in [0.25, 0.3) is 0 Å². The van der Waals surface area contributed by atoms with Crippen LogP contribution in [-0.4, -0.2) is 24.8 Å². The van der Waals surface area contributed by atoms with Crippen molar-refractivity contribution in [2.45, 2.75) is 78.9 Å². The number of hydrogen-bond acceptors (Lipinski definition) is 2. The molecule has 1 N–H and O–H groups in total. The molecular formula is C17H35NO. The van der Waals surface area contributed by atoms with Crippen LogP contribution in [0.4, 0.5) is 0 Å². The molecule has 114 valence electrons. The maximum Gasteiger partial charge on any atom is 0.0779 e. The third-order valence-electron chi connectivity index (χ3n) is 4.89. The maximum atomic E-state index is 6.61. The molecule has 0 spiro atoms. The van der Waals surface area contributed by atoms with Gasteiger partial charge in [-0.05, 0) is 50.5 Å². The number of ether oxygens (including phenoxy) is 1. The summed E-state index contributed by atoms with van der Waals surface area (Å²) in [4.78, 5) is 0. The van der Waals surface area contributed by atoms with E-state index in [1.165, 1.54) is 19.3 Å². The summed E-state index contributed by atoms with van der Waals surface area (Å²) in [6.45, 7) is 15.7. The predicted molar refractivity (Wildman–Crippen MR) is 83.5 cm³/mol. The van der Waals surface area contributed by atoms with E-state index in [1.54, 1.807) is 0 Å². The van der Waals surface area contributed by atoms with Crippen molar-refractivity contribution < 1.29 is 4.74 Å². The van der Waals surface area contributed by atoms with Crippen LogP contribution in [0.25, 0.3) is 0 Å². The van der Waals surface area contributed by atoms with Gasteiger partial charge in [0.2, 0.25) is 0 Å². The van der Waals surface area contributed by atoms with Crippen molar-refractivity contribution in [3.63, 3.8) is 0 Å². The van der Waals surface area contributed by atoms with Gasteiger partial charge in [0.1, 0.15) is 0 Å². The fourth-order valence-electron chi connectivity index (χ4n) is 3.26. The first kappa shape index (κ1) is 17.0. The molecule has 1 fully saturated rings. The van der Waals surface area contributed by atoms with E-state index in [0.29, 0.717) is 6.10 Å². The molecule has 2 heteroatoms. The first-order valence-corrected chi connectivity index (χ1v) is 8.30. The Labute approximate surface area is 120 Å². The molecule has 0 saturated heterocycles. The van der Waals surface area contributed by atoms with Gasteiger partial charge in [-0.15, -0.1) is 0 Å². The van der Waals surface area contributed by atoms with E-state index in [4.69, 9.17) is 4.74 Å². The lowest BCUT2D eigenvalue weighted by Gasteiger charge is -2.42. The lowest BCUT2D eigenvalue weighted by Crippen LogP contribution is -2.46. The van der Waals surface area contributed by atoms with E-state index < -0.39 is 0 Å². The lowest BCUT2D eigenvalue weighted by atomic mass is 9.75. The van der Waals surface area contributed by atoms with Crippen LogP contribution >= 0.6 is 0 Å². The van der Waals surface area contributed by atoms with Gasteiger partial charge in [0.05, 0.1) is 11.7 Å². The Morgan fingerprint density at radius 2 is 1.95 bits per heavy atom. The summed E-state index contributed by atoms with van der Waals surface area (Å²) in [5.74, 6) is 2.29. The Hall–Kier alpha value is -0.0800. The highest BCUT2D eigenvalue weighted by molar-refractivity contribution is 4.86. The topological polar surface area (TPSA) is 21.3 Å². The molecule has 1 aliphatic carbocycles. The summed E-state index contributed by atoms with van der Waals surface area (Å²) in [7, 11) is 0. The first-order chi connectivity index (χ1) is 8.91. The Balaban J connectivity index is 2.67. The van der Waals surface area contributed by atoms with Gasteiger partial charge in [0.15, 0.2) is 0 Å². The van der Waals surface area contributed by atoms with E-state index in [2.05, 4.69) is 46.9 Å². The molecule has 1 saturated carbocycles. The second kappa shape index (κ2) is 7.64. The number of hydrogen-bond donors (Lipinski definition) is 1. The van der Waals surface area contributed by atoms with Crippen molar-refractivity contribution in [2.75, 3.05) is 13.1 Å². The predicted octanol–water partition coefficient (Wildman–Crippen LogP) is 4.24. The fourth-order valence-corrected chi connectivity index (χ4v) is 3.26. The summed E-state index contributed by atoms with van der Waals surface area (Å²) in [5, 5.41) is 3.46. The van der Waals surface area contributed by atoms with Gasteiger partial charge in [-0.2, -0.15) is 0 Å². The monoisotopic (exact) mass is 269 g/mol. The quantitative estimate of drug-likeness (QED) is 0.746. The SMILES string of the molecule is CCNCC(C)(CC)OC1CC(C)CCC1C(C)C. The minimum Gasteiger partial charge on any atom is -0.370 e. The largest absolute Gasteiger partial charge is 0.370 e. The summed E-state index contributed by atoms with van der Waals surface area (Å²) < 4.78 is 6.61. The average Bonchev–Trinajstić information content (AvgIpc) is 2.36. The van der Waals surface area contributed by atoms with Gasteiger partial charge >= 0.3 is 0 Å². The fraction of sp³-hybridized carbons (Fsp3) is 1.00. The Bertz CT molecular complexity index is 254. The zero-order valence-corrected chi connectivity index (χ0v) is 14.0. The molecule has 0 amide bonds. The van der Waals surface area contributed by atoms with Crippen LogP contribution in [0.1, 0.15) is 67.2 Å². The van der Waals surface area contributed by atoms with Gasteiger partial charge in [-0.3, -0.25) is 0 Å². The van der Waals surface area contributed by atoms with Gasteiger partial charge in [-0.1, -0.05) is 41.0 Å². The van der Waals surface area contributed by atoms with Crippen LogP contribution in [0.3, 0.4) is 0 Å². The summed E-state index contributed by atoms with van der Waals surface area (Å²) in [6, 6.07) is 0. The molecule has 2 nitrogen and oxygen atoms in total. The summed E-state index contributed by atoms with van der Waals surface area (Å²) >= 11 is 0. The molecular weight excluding hydrogens is 234 g/mol. The van der Waals surface area contributed by atoms with Crippen LogP contribution in [0.15, 0.2) is 0 Å². The molecule has 0 aliphatic heterocycles. The van der Waals surface area contributed by atoms with Gasteiger partial charge in [0, 0.05) is 6.54 Å². The molecule has 1 rings (SSSR count). The highest BCUT2D eigenvalue weighted by atomic mass is 16.5. The second-order valence-electron chi connectivity index (χ2n) is 7.07. The highest BCUT2D eigenvalue weighted by Crippen LogP contribution is 2.37. The Kier molecular flexibility index (Phi) is 6.82. The van der Waals surface area contributed by atoms with Crippen molar-refractivity contribution >= 4 is 0 Å². The van der Waals surface area contributed by atoms with E-state index >= 15 is 0 Å². The van der Waals surface area contributed by atoms with E-state index in [1.807, 2.05) is 0 Å². The standard InChI is InChI=1S/C17H35NO/c1-7-17(6,12-18-8-2)19-16-11-14(5)9-10-15(16)13(3)4/h13-16,18H,7-12H2,1-6H3. The third-order valence-corrected chi connectivity index (χ3v) is 4.89. The number of likely N-dealkylation sites (N-methyl/N-ethyl adjacent to an activating group) is 1. The Morgan fingerprint density at radius 1 is 1.26 bits per heavy atom. The van der Waals surface area contributed by atoms with E-state index in [0.717, 1.165) is 37.3 Å². The molecule has 0 aromatic carbocycles. The van der Waals surface area contributed by atoms with Crippen LogP contribution < -0.4 is 5.32 Å². The number of nitrogens with one attached hydrogen (secondary N) is 1. The molecule has 19 heavy (non-hydrogen) atoms. The van der Waals surface area contributed by atoms with Crippen LogP contribution in [0.5, 0.6) is 0 Å². The molecule has 0 bridgehead atoms. The average molecular weight is 269 g/mol. The molecule has 4 atom stereocenters. The first-order valence-electron chi connectivity index (χ1n) is 8.30. The molecule has 4 unspecified atom stereocenters. The van der Waals surface area contributed by atoms with Gasteiger partial charge < -0.3 is 10.1 Å². The van der Waals surface area contributed by atoms with Crippen molar-refractivity contribution in [3.8, 4) is 0 Å². The smallest absolute Gasteiger partial charge is 0.0779 e. The maximum absolute atomic E-state index is 6.61. The molecule has 0 aromatic rings. The minimum absolute atomic E-state index is 0.00905. The highest BCUT2D eigenvalue weighted by Gasteiger charge is 2.36. The lowest BCUT2D eigenvalue weighted by molar-refractivity contribution is -0.131. The second-order valence-corrected chi connectivity index (χ2v) is 7.07. The molecule has 0 radical (unpaired) electrons. The zero-order chi connectivity index (χ0) is 14.5. The summed E-state index contributed by atoms with van der Waals surface area (Å²) in [5.41, 5.74) is -0.00905. The van der Waals surface area contributed by atoms with Crippen LogP contribution in [0, 0.1) is 17.8 Å². The molecule has 0 aromatic heterocycles. The van der Waals surface area contributed by atoms with Crippen molar-refractivity contribution in [3.05, 3.63) is 0 Å². The normalized spacial score (nSPS) is 31.4.